The molecule has 0 aromatic heterocycles. The fraction of sp³-hybridized carbons (Fsp3) is 0.0213. The Balaban J connectivity index is 1.23. The summed E-state index contributed by atoms with van der Waals surface area (Å²) in [5.41, 5.74) is 16.0. The van der Waals surface area contributed by atoms with E-state index >= 15 is 0 Å². The predicted molar refractivity (Wildman–Crippen MR) is 200 cm³/mol. The van der Waals surface area contributed by atoms with E-state index in [1.165, 1.54) is 77.8 Å². The van der Waals surface area contributed by atoms with Crippen LogP contribution in [-0.2, 0) is 5.41 Å². The first-order chi connectivity index (χ1) is 23.8. The molecule has 1 aliphatic heterocycles. The highest BCUT2D eigenvalue weighted by Crippen LogP contribution is 2.64. The number of fused-ring (bicyclic) bond motifs is 10. The van der Waals surface area contributed by atoms with Crippen molar-refractivity contribution in [3.05, 3.63) is 210 Å². The Hall–Kier alpha value is -6.18. The maximum absolute atomic E-state index is 2.44. The van der Waals surface area contributed by atoms with Gasteiger partial charge in [0.2, 0.25) is 0 Å². The van der Waals surface area contributed by atoms with Gasteiger partial charge in [0.05, 0.1) is 16.8 Å². The van der Waals surface area contributed by atoms with Gasteiger partial charge in [0.25, 0.3) is 0 Å². The molecule has 2 aliphatic rings. The van der Waals surface area contributed by atoms with Crippen LogP contribution >= 0.6 is 0 Å². The van der Waals surface area contributed by atoms with Crippen LogP contribution in [0.1, 0.15) is 22.3 Å². The van der Waals surface area contributed by atoms with Gasteiger partial charge in [-0.05, 0) is 96.7 Å². The van der Waals surface area contributed by atoms with Crippen LogP contribution in [0.25, 0.3) is 44.2 Å². The van der Waals surface area contributed by atoms with Crippen LogP contribution in [0.4, 0.5) is 17.1 Å². The molecule has 10 rings (SSSR count). The zero-order valence-electron chi connectivity index (χ0n) is 26.3. The first kappa shape index (κ1) is 27.0. The molecule has 0 fully saturated rings. The van der Waals surface area contributed by atoms with Gasteiger partial charge in [0.1, 0.15) is 0 Å². The largest absolute Gasteiger partial charge is 0.310 e. The third-order valence-electron chi connectivity index (χ3n) is 10.5. The van der Waals surface area contributed by atoms with E-state index in [9.17, 15) is 0 Å². The number of nitrogens with zero attached hydrogens (tertiary/aromatic N) is 1. The predicted octanol–water partition coefficient (Wildman–Crippen LogP) is 12.3. The van der Waals surface area contributed by atoms with Crippen molar-refractivity contribution in [2.75, 3.05) is 4.90 Å². The molecule has 0 unspecified atom stereocenters. The molecule has 0 amide bonds. The van der Waals surface area contributed by atoms with Gasteiger partial charge in [-0.25, -0.2) is 0 Å². The fourth-order valence-corrected chi connectivity index (χ4v) is 8.47. The summed E-state index contributed by atoms with van der Waals surface area (Å²) in [5.74, 6) is 0. The van der Waals surface area contributed by atoms with Crippen LogP contribution in [0.5, 0.6) is 0 Å². The van der Waals surface area contributed by atoms with Crippen molar-refractivity contribution in [1.82, 2.24) is 0 Å². The average Bonchev–Trinajstić information content (AvgIpc) is 3.46. The lowest BCUT2D eigenvalue weighted by Gasteiger charge is -2.45. The molecule has 1 spiro atoms. The highest BCUT2D eigenvalue weighted by molar-refractivity contribution is 5.99. The van der Waals surface area contributed by atoms with Crippen LogP contribution in [0.2, 0.25) is 0 Å². The van der Waals surface area contributed by atoms with E-state index in [4.69, 9.17) is 0 Å². The van der Waals surface area contributed by atoms with Gasteiger partial charge in [0.15, 0.2) is 0 Å². The van der Waals surface area contributed by atoms with Crippen molar-refractivity contribution in [1.29, 1.82) is 0 Å². The van der Waals surface area contributed by atoms with Crippen LogP contribution in [0.3, 0.4) is 0 Å². The Morgan fingerprint density at radius 1 is 0.333 bits per heavy atom. The van der Waals surface area contributed by atoms with Crippen molar-refractivity contribution in [2.45, 2.75) is 5.41 Å². The van der Waals surface area contributed by atoms with Crippen molar-refractivity contribution >= 4 is 27.8 Å². The van der Waals surface area contributed by atoms with Crippen molar-refractivity contribution in [2.24, 2.45) is 0 Å². The standard InChI is InChI=1S/C47H31N/c1-2-15-37(16-3-1)48-44-23-10-8-21-42(44)47(43-22-9-11-24-45(43)48)41-20-7-6-17-39(41)40-19-12-18-38(46(40)47)34-28-25-33(26-29-34)36-30-27-32-13-4-5-14-35(32)31-36/h1-31H. The first-order valence-electron chi connectivity index (χ1n) is 16.7. The number of benzene rings is 8. The molecule has 8 aromatic rings. The number of rotatable bonds is 3. The average molecular weight is 610 g/mol. The second kappa shape index (κ2) is 10.4. The molecule has 0 atom stereocenters. The van der Waals surface area contributed by atoms with Gasteiger partial charge in [-0.3, -0.25) is 0 Å². The summed E-state index contributed by atoms with van der Waals surface area (Å²) in [5, 5.41) is 2.53. The van der Waals surface area contributed by atoms with Gasteiger partial charge >= 0.3 is 0 Å². The van der Waals surface area contributed by atoms with Gasteiger partial charge in [0, 0.05) is 5.69 Å². The van der Waals surface area contributed by atoms with Crippen molar-refractivity contribution < 1.29 is 0 Å². The van der Waals surface area contributed by atoms with Gasteiger partial charge in [-0.1, -0.05) is 158 Å². The van der Waals surface area contributed by atoms with E-state index in [2.05, 4.69) is 193 Å². The molecule has 1 nitrogen and oxygen atoms in total. The summed E-state index contributed by atoms with van der Waals surface area (Å²) >= 11 is 0. The first-order valence-corrected chi connectivity index (χ1v) is 16.7. The smallest absolute Gasteiger partial charge is 0.0760 e. The molecule has 48 heavy (non-hydrogen) atoms. The fourth-order valence-electron chi connectivity index (χ4n) is 8.47. The summed E-state index contributed by atoms with van der Waals surface area (Å²) in [7, 11) is 0. The highest BCUT2D eigenvalue weighted by Gasteiger charge is 2.52. The second-order valence-corrected chi connectivity index (χ2v) is 12.9. The minimum Gasteiger partial charge on any atom is -0.310 e. The lowest BCUT2D eigenvalue weighted by atomic mass is 9.63. The number of hydrogen-bond donors (Lipinski definition) is 0. The molecule has 224 valence electrons. The second-order valence-electron chi connectivity index (χ2n) is 12.9. The van der Waals surface area contributed by atoms with Crippen LogP contribution in [0.15, 0.2) is 188 Å². The molecular weight excluding hydrogens is 579 g/mol. The van der Waals surface area contributed by atoms with Crippen molar-refractivity contribution in [3.63, 3.8) is 0 Å². The Bertz CT molecular complexity index is 2460. The van der Waals surface area contributed by atoms with E-state index in [-0.39, 0.29) is 0 Å². The summed E-state index contributed by atoms with van der Waals surface area (Å²) in [6, 6.07) is 69.3. The highest BCUT2D eigenvalue weighted by atomic mass is 15.2. The maximum Gasteiger partial charge on any atom is 0.0760 e. The third-order valence-corrected chi connectivity index (χ3v) is 10.5. The third kappa shape index (κ3) is 3.73. The molecular formula is C47H31N. The number of para-hydroxylation sites is 3. The summed E-state index contributed by atoms with van der Waals surface area (Å²) in [4.78, 5) is 2.44. The molecule has 1 heteroatoms. The summed E-state index contributed by atoms with van der Waals surface area (Å²) < 4.78 is 0. The quantitative estimate of drug-likeness (QED) is 0.193. The van der Waals surface area contributed by atoms with Gasteiger partial charge in [-0.15, -0.1) is 0 Å². The summed E-state index contributed by atoms with van der Waals surface area (Å²) in [6.07, 6.45) is 0. The zero-order chi connectivity index (χ0) is 31.7. The summed E-state index contributed by atoms with van der Waals surface area (Å²) in [6.45, 7) is 0. The van der Waals surface area contributed by atoms with E-state index in [1.54, 1.807) is 0 Å². The van der Waals surface area contributed by atoms with Crippen LogP contribution in [-0.4, -0.2) is 0 Å². The van der Waals surface area contributed by atoms with E-state index in [0.717, 1.165) is 5.69 Å². The molecule has 1 aliphatic carbocycles. The Kier molecular flexibility index (Phi) is 5.86. The number of hydrogen-bond acceptors (Lipinski definition) is 1. The Morgan fingerprint density at radius 2 is 0.875 bits per heavy atom. The molecule has 0 radical (unpaired) electrons. The number of anilines is 3. The molecule has 0 bridgehead atoms. The van der Waals surface area contributed by atoms with E-state index in [0.29, 0.717) is 0 Å². The van der Waals surface area contributed by atoms with Crippen LogP contribution < -0.4 is 4.90 Å². The normalized spacial score (nSPS) is 13.5. The van der Waals surface area contributed by atoms with E-state index < -0.39 is 5.41 Å². The monoisotopic (exact) mass is 609 g/mol. The molecule has 8 aromatic carbocycles. The minimum absolute atomic E-state index is 0.488. The van der Waals surface area contributed by atoms with Gasteiger partial charge < -0.3 is 4.90 Å². The lowest BCUT2D eigenvalue weighted by molar-refractivity contribution is 0.754. The lowest BCUT2D eigenvalue weighted by Crippen LogP contribution is -2.36. The molecule has 0 saturated heterocycles. The minimum atomic E-state index is -0.488. The zero-order valence-corrected chi connectivity index (χ0v) is 26.3. The molecule has 1 heterocycles. The van der Waals surface area contributed by atoms with Crippen LogP contribution in [0, 0.1) is 0 Å². The maximum atomic E-state index is 2.44. The molecule has 0 saturated carbocycles. The van der Waals surface area contributed by atoms with E-state index in [1.807, 2.05) is 0 Å². The topological polar surface area (TPSA) is 3.24 Å². The SMILES string of the molecule is c1ccc(N2c3ccccc3C3(c4ccccc4-c4cccc(-c5ccc(-c6ccc7ccccc7c6)cc5)c43)c3ccccc32)cc1. The van der Waals surface area contributed by atoms with Gasteiger partial charge in [-0.2, -0.15) is 0 Å². The Morgan fingerprint density at radius 3 is 1.62 bits per heavy atom. The van der Waals surface area contributed by atoms with Crippen molar-refractivity contribution in [3.8, 4) is 33.4 Å². The Labute approximate surface area is 281 Å². The molecule has 0 N–H and O–H groups in total.